The Hall–Kier alpha value is -3.30. The lowest BCUT2D eigenvalue weighted by atomic mass is 10.1. The lowest BCUT2D eigenvalue weighted by Crippen LogP contribution is -2.33. The maximum atomic E-state index is 12.6. The third-order valence-corrected chi connectivity index (χ3v) is 4.55. The average molecular weight is 423 g/mol. The minimum atomic E-state index is -4.50. The number of hydrogen-bond donors (Lipinski definition) is 1. The molecule has 1 fully saturated rings. The van der Waals surface area contributed by atoms with Gasteiger partial charge in [0.25, 0.3) is 0 Å². The van der Waals surface area contributed by atoms with E-state index >= 15 is 0 Å². The molecule has 2 amide bonds. The summed E-state index contributed by atoms with van der Waals surface area (Å²) < 4.78 is 47.2. The lowest BCUT2D eigenvalue weighted by molar-refractivity contribution is -0.154. The molecule has 7 nitrogen and oxygen atoms in total. The molecule has 1 aromatic carbocycles. The summed E-state index contributed by atoms with van der Waals surface area (Å²) in [4.78, 5) is 30.3. The number of nitrogens with zero attached hydrogens (tertiary/aromatic N) is 2. The average Bonchev–Trinajstić information content (AvgIpc) is 3.12. The van der Waals surface area contributed by atoms with E-state index in [-0.39, 0.29) is 37.2 Å². The van der Waals surface area contributed by atoms with Crippen molar-refractivity contribution in [2.45, 2.75) is 19.1 Å². The number of aromatic nitrogens is 1. The largest absolute Gasteiger partial charge is 0.495 e. The minimum absolute atomic E-state index is 0.0222. The van der Waals surface area contributed by atoms with Crippen LogP contribution in [0.15, 0.2) is 42.6 Å². The van der Waals surface area contributed by atoms with Crippen LogP contribution in [0.25, 0.3) is 0 Å². The van der Waals surface area contributed by atoms with Gasteiger partial charge >= 0.3 is 6.18 Å². The first-order chi connectivity index (χ1) is 14.3. The van der Waals surface area contributed by atoms with Crippen LogP contribution in [-0.2, 0) is 16.1 Å². The van der Waals surface area contributed by atoms with Gasteiger partial charge in [-0.3, -0.25) is 9.59 Å². The number of methoxy groups -OCH3 is 1. The maximum absolute atomic E-state index is 12.6. The van der Waals surface area contributed by atoms with Gasteiger partial charge in [0.15, 0.2) is 6.61 Å². The third-order valence-electron chi connectivity index (χ3n) is 4.55. The Morgan fingerprint density at radius 1 is 1.27 bits per heavy atom. The topological polar surface area (TPSA) is 80.8 Å². The standard InChI is InChI=1S/C20H20F3N3O4/c1-29-16-7-3-2-6-15(16)26-11-14(9-17(26)27)18(28)25-10-13-5-4-8-24-19(13)30-12-20(21,22)23/h2-8,14H,9-12H2,1H3,(H,25,28). The van der Waals surface area contributed by atoms with E-state index in [2.05, 4.69) is 10.3 Å². The van der Waals surface area contributed by atoms with Gasteiger partial charge in [0, 0.05) is 31.3 Å². The molecule has 0 radical (unpaired) electrons. The van der Waals surface area contributed by atoms with E-state index in [9.17, 15) is 22.8 Å². The highest BCUT2D eigenvalue weighted by Crippen LogP contribution is 2.32. The van der Waals surface area contributed by atoms with Crippen LogP contribution in [0.1, 0.15) is 12.0 Å². The minimum Gasteiger partial charge on any atom is -0.495 e. The fourth-order valence-corrected chi connectivity index (χ4v) is 3.13. The van der Waals surface area contributed by atoms with Crippen molar-refractivity contribution in [3.63, 3.8) is 0 Å². The Morgan fingerprint density at radius 3 is 2.77 bits per heavy atom. The highest BCUT2D eigenvalue weighted by atomic mass is 19.4. The quantitative estimate of drug-likeness (QED) is 0.741. The van der Waals surface area contributed by atoms with Gasteiger partial charge in [-0.1, -0.05) is 18.2 Å². The molecule has 1 saturated heterocycles. The van der Waals surface area contributed by atoms with Crippen molar-refractivity contribution in [1.29, 1.82) is 0 Å². The Bertz CT molecular complexity index is 920. The van der Waals surface area contributed by atoms with Crippen LogP contribution in [0.4, 0.5) is 18.9 Å². The SMILES string of the molecule is COc1ccccc1N1CC(C(=O)NCc2cccnc2OCC(F)(F)F)CC1=O. The van der Waals surface area contributed by atoms with Crippen molar-refractivity contribution in [3.05, 3.63) is 48.2 Å². The predicted molar refractivity (Wildman–Crippen MR) is 101 cm³/mol. The van der Waals surface area contributed by atoms with Crippen LogP contribution >= 0.6 is 0 Å². The Balaban J connectivity index is 1.62. The number of alkyl halides is 3. The fourth-order valence-electron chi connectivity index (χ4n) is 3.13. The summed E-state index contributed by atoms with van der Waals surface area (Å²) in [6.45, 7) is -1.37. The van der Waals surface area contributed by atoms with Crippen LogP contribution in [0, 0.1) is 5.92 Å². The Kier molecular flexibility index (Phi) is 6.43. The summed E-state index contributed by atoms with van der Waals surface area (Å²) in [5.74, 6) is -0.873. The number of hydrogen-bond acceptors (Lipinski definition) is 5. The highest BCUT2D eigenvalue weighted by molar-refractivity contribution is 6.01. The molecule has 0 aliphatic carbocycles. The molecule has 0 bridgehead atoms. The molecule has 1 aliphatic heterocycles. The second-order valence-corrected chi connectivity index (χ2v) is 6.67. The van der Waals surface area contributed by atoms with Crippen LogP contribution in [0.2, 0.25) is 0 Å². The zero-order valence-electron chi connectivity index (χ0n) is 16.1. The second kappa shape index (κ2) is 9.02. The van der Waals surface area contributed by atoms with E-state index < -0.39 is 18.7 Å². The summed E-state index contributed by atoms with van der Waals surface area (Å²) in [5, 5.41) is 2.65. The van der Waals surface area contributed by atoms with Gasteiger partial charge in [-0.2, -0.15) is 13.2 Å². The van der Waals surface area contributed by atoms with Crippen LogP contribution < -0.4 is 19.7 Å². The molecule has 0 spiro atoms. The third kappa shape index (κ3) is 5.19. The highest BCUT2D eigenvalue weighted by Gasteiger charge is 2.36. The summed E-state index contributed by atoms with van der Waals surface area (Å²) in [6.07, 6.45) is -3.17. The van der Waals surface area contributed by atoms with Gasteiger partial charge < -0.3 is 19.7 Å². The molecule has 2 heterocycles. The number of anilines is 1. The molecule has 30 heavy (non-hydrogen) atoms. The van der Waals surface area contributed by atoms with Gasteiger partial charge in [-0.15, -0.1) is 0 Å². The Morgan fingerprint density at radius 2 is 2.03 bits per heavy atom. The van der Waals surface area contributed by atoms with Crippen molar-refractivity contribution in [1.82, 2.24) is 10.3 Å². The van der Waals surface area contributed by atoms with Crippen molar-refractivity contribution in [2.75, 3.05) is 25.2 Å². The number of pyridine rings is 1. The van der Waals surface area contributed by atoms with Gasteiger partial charge in [-0.05, 0) is 18.2 Å². The lowest BCUT2D eigenvalue weighted by Gasteiger charge is -2.19. The second-order valence-electron chi connectivity index (χ2n) is 6.67. The molecule has 1 N–H and O–H groups in total. The summed E-state index contributed by atoms with van der Waals surface area (Å²) >= 11 is 0. The van der Waals surface area contributed by atoms with Gasteiger partial charge in [-0.25, -0.2) is 4.98 Å². The van der Waals surface area contributed by atoms with Crippen molar-refractivity contribution in [2.24, 2.45) is 5.92 Å². The Labute approximate surface area is 170 Å². The first-order valence-corrected chi connectivity index (χ1v) is 9.13. The number of carbonyl (C=O) groups excluding carboxylic acids is 2. The monoisotopic (exact) mass is 423 g/mol. The van der Waals surface area contributed by atoms with E-state index in [1.54, 1.807) is 24.3 Å². The smallest absolute Gasteiger partial charge is 0.422 e. The number of amides is 2. The molecule has 3 rings (SSSR count). The number of para-hydroxylation sites is 2. The molecule has 0 saturated carbocycles. The van der Waals surface area contributed by atoms with Gasteiger partial charge in [0.1, 0.15) is 5.75 Å². The summed E-state index contributed by atoms with van der Waals surface area (Å²) in [6, 6.07) is 10.0. The molecular formula is C20H20F3N3O4. The molecule has 1 atom stereocenters. The van der Waals surface area contributed by atoms with Crippen LogP contribution in [0.5, 0.6) is 11.6 Å². The van der Waals surface area contributed by atoms with Crippen molar-refractivity contribution in [3.8, 4) is 11.6 Å². The number of rotatable bonds is 7. The molecule has 1 unspecified atom stereocenters. The van der Waals surface area contributed by atoms with E-state index in [1.165, 1.54) is 30.3 Å². The van der Waals surface area contributed by atoms with Crippen LogP contribution in [-0.4, -0.2) is 43.2 Å². The normalized spacial score (nSPS) is 16.5. The molecule has 2 aromatic rings. The fraction of sp³-hybridized carbons (Fsp3) is 0.350. The number of nitrogens with one attached hydrogen (secondary N) is 1. The van der Waals surface area contributed by atoms with E-state index in [4.69, 9.17) is 9.47 Å². The van der Waals surface area contributed by atoms with E-state index in [1.807, 2.05) is 0 Å². The van der Waals surface area contributed by atoms with Gasteiger partial charge in [0.05, 0.1) is 18.7 Å². The number of ether oxygens (including phenoxy) is 2. The summed E-state index contributed by atoms with van der Waals surface area (Å²) in [5.41, 5.74) is 0.886. The van der Waals surface area contributed by atoms with Crippen molar-refractivity contribution < 1.29 is 32.2 Å². The van der Waals surface area contributed by atoms with E-state index in [0.717, 1.165) is 0 Å². The number of halogens is 3. The zero-order valence-corrected chi connectivity index (χ0v) is 16.1. The maximum Gasteiger partial charge on any atom is 0.422 e. The first-order valence-electron chi connectivity index (χ1n) is 9.13. The molecular weight excluding hydrogens is 403 g/mol. The predicted octanol–water partition coefficient (Wildman–Crippen LogP) is 2.70. The van der Waals surface area contributed by atoms with Gasteiger partial charge in [0.2, 0.25) is 17.7 Å². The summed E-state index contributed by atoms with van der Waals surface area (Å²) in [7, 11) is 1.50. The number of benzene rings is 1. The molecule has 1 aromatic heterocycles. The molecule has 1 aliphatic rings. The first kappa shape index (κ1) is 21.4. The molecule has 160 valence electrons. The zero-order chi connectivity index (χ0) is 21.7. The van der Waals surface area contributed by atoms with Crippen molar-refractivity contribution >= 4 is 17.5 Å². The van der Waals surface area contributed by atoms with Crippen LogP contribution in [0.3, 0.4) is 0 Å². The molecule has 10 heteroatoms. The number of carbonyl (C=O) groups is 2. The van der Waals surface area contributed by atoms with E-state index in [0.29, 0.717) is 17.0 Å².